The van der Waals surface area contributed by atoms with Crippen molar-refractivity contribution < 1.29 is 14.3 Å². The SMILES string of the molecule is COc1cc(N2C(=O)C3(CCC3)N(c3ccc(OC4CCN(C)CC4)cc3)C2=S)cnc1CN. The Hall–Kier alpha value is -2.75. The summed E-state index contributed by atoms with van der Waals surface area (Å²) < 4.78 is 11.6. The fraction of sp³-hybridized carbons (Fsp3) is 0.480. The van der Waals surface area contributed by atoms with Crippen molar-refractivity contribution >= 4 is 34.6 Å². The summed E-state index contributed by atoms with van der Waals surface area (Å²) in [5.41, 5.74) is 7.25. The zero-order chi connectivity index (χ0) is 23.9. The van der Waals surface area contributed by atoms with Crippen molar-refractivity contribution in [3.8, 4) is 11.5 Å². The first-order valence-electron chi connectivity index (χ1n) is 11.8. The molecule has 8 nitrogen and oxygen atoms in total. The number of nitrogens with zero attached hydrogens (tertiary/aromatic N) is 4. The van der Waals surface area contributed by atoms with Crippen molar-refractivity contribution in [3.63, 3.8) is 0 Å². The number of nitrogens with two attached hydrogens (primary N) is 1. The number of hydrogen-bond donors (Lipinski definition) is 1. The average Bonchev–Trinajstić information content (AvgIpc) is 3.07. The number of ether oxygens (including phenoxy) is 2. The average molecular weight is 482 g/mol. The second-order valence-corrected chi connectivity index (χ2v) is 9.67. The lowest BCUT2D eigenvalue weighted by Gasteiger charge is -2.43. The van der Waals surface area contributed by atoms with Gasteiger partial charge in [-0.2, -0.15) is 0 Å². The van der Waals surface area contributed by atoms with Crippen LogP contribution >= 0.6 is 12.2 Å². The Morgan fingerprint density at radius 3 is 2.47 bits per heavy atom. The molecular formula is C25H31N5O3S. The fourth-order valence-electron chi connectivity index (χ4n) is 5.09. The Bertz CT molecular complexity index is 1080. The van der Waals surface area contributed by atoms with E-state index in [1.54, 1.807) is 24.3 Å². The molecule has 3 aliphatic rings. The van der Waals surface area contributed by atoms with Crippen LogP contribution in [0.4, 0.5) is 11.4 Å². The van der Waals surface area contributed by atoms with E-state index in [1.807, 2.05) is 29.2 Å². The quantitative estimate of drug-likeness (QED) is 0.631. The Labute approximate surface area is 205 Å². The molecule has 1 aromatic carbocycles. The number of benzene rings is 1. The topological polar surface area (TPSA) is 84.2 Å². The lowest BCUT2D eigenvalue weighted by molar-refractivity contribution is -0.123. The molecule has 180 valence electrons. The summed E-state index contributed by atoms with van der Waals surface area (Å²) in [5.74, 6) is 1.38. The molecule has 1 saturated carbocycles. The predicted molar refractivity (Wildman–Crippen MR) is 135 cm³/mol. The van der Waals surface area contributed by atoms with Gasteiger partial charge in [0.25, 0.3) is 5.91 Å². The van der Waals surface area contributed by atoms with E-state index in [1.165, 1.54) is 0 Å². The molecule has 3 fully saturated rings. The van der Waals surface area contributed by atoms with Gasteiger partial charge in [-0.25, -0.2) is 0 Å². The minimum Gasteiger partial charge on any atom is -0.495 e. The van der Waals surface area contributed by atoms with E-state index in [4.69, 9.17) is 27.4 Å². The van der Waals surface area contributed by atoms with Gasteiger partial charge < -0.3 is 25.0 Å². The van der Waals surface area contributed by atoms with Crippen molar-refractivity contribution in [1.29, 1.82) is 0 Å². The minimum atomic E-state index is -0.646. The molecule has 0 radical (unpaired) electrons. The van der Waals surface area contributed by atoms with Gasteiger partial charge in [0.1, 0.15) is 23.1 Å². The zero-order valence-corrected chi connectivity index (χ0v) is 20.5. The number of carbonyl (C=O) groups is 1. The van der Waals surface area contributed by atoms with E-state index in [-0.39, 0.29) is 18.6 Å². The van der Waals surface area contributed by atoms with Crippen LogP contribution in [0.2, 0.25) is 0 Å². The van der Waals surface area contributed by atoms with Crippen molar-refractivity contribution in [2.45, 2.75) is 50.3 Å². The van der Waals surface area contributed by atoms with Crippen LogP contribution in [0, 0.1) is 0 Å². The normalized spacial score (nSPS) is 20.7. The predicted octanol–water partition coefficient (Wildman–Crippen LogP) is 3.08. The van der Waals surface area contributed by atoms with Crippen molar-refractivity contribution in [2.24, 2.45) is 5.73 Å². The first kappa shape index (κ1) is 23.0. The van der Waals surface area contributed by atoms with Crippen LogP contribution in [-0.2, 0) is 11.3 Å². The van der Waals surface area contributed by atoms with Crippen LogP contribution in [-0.4, -0.2) is 59.8 Å². The summed E-state index contributed by atoms with van der Waals surface area (Å²) in [5, 5.41) is 0.457. The molecule has 2 saturated heterocycles. The number of pyridine rings is 1. The van der Waals surface area contributed by atoms with Crippen LogP contribution in [0.5, 0.6) is 11.5 Å². The summed E-state index contributed by atoms with van der Waals surface area (Å²) in [6.07, 6.45) is 6.46. The van der Waals surface area contributed by atoms with Crippen LogP contribution in [0.25, 0.3) is 0 Å². The number of rotatable bonds is 6. The van der Waals surface area contributed by atoms with Crippen molar-refractivity contribution in [2.75, 3.05) is 37.0 Å². The number of amides is 1. The molecule has 5 rings (SSSR count). The van der Waals surface area contributed by atoms with Crippen LogP contribution in [0.3, 0.4) is 0 Å². The molecule has 1 aliphatic carbocycles. The van der Waals surface area contributed by atoms with Gasteiger partial charge in [0.15, 0.2) is 5.11 Å². The third-order valence-electron chi connectivity index (χ3n) is 7.24. The fourth-order valence-corrected chi connectivity index (χ4v) is 5.56. The van der Waals surface area contributed by atoms with Gasteiger partial charge in [0.2, 0.25) is 0 Å². The number of anilines is 2. The van der Waals surface area contributed by atoms with Crippen molar-refractivity contribution in [3.05, 3.63) is 42.2 Å². The molecule has 3 heterocycles. The number of likely N-dealkylation sites (tertiary alicyclic amines) is 1. The molecule has 2 aliphatic heterocycles. The van der Waals surface area contributed by atoms with E-state index >= 15 is 0 Å². The molecule has 1 spiro atoms. The van der Waals surface area contributed by atoms with Crippen molar-refractivity contribution in [1.82, 2.24) is 9.88 Å². The third kappa shape index (κ3) is 3.81. The van der Waals surface area contributed by atoms with Gasteiger partial charge in [-0.3, -0.25) is 14.7 Å². The minimum absolute atomic E-state index is 0.0141. The van der Waals surface area contributed by atoms with Crippen LogP contribution in [0.15, 0.2) is 36.5 Å². The largest absolute Gasteiger partial charge is 0.495 e. The highest BCUT2D eigenvalue weighted by atomic mass is 32.1. The lowest BCUT2D eigenvalue weighted by Crippen LogP contribution is -2.55. The Morgan fingerprint density at radius 2 is 1.88 bits per heavy atom. The van der Waals surface area contributed by atoms with Gasteiger partial charge in [-0.05, 0) is 75.6 Å². The maximum atomic E-state index is 13.7. The molecule has 0 atom stereocenters. The maximum absolute atomic E-state index is 13.7. The van der Waals surface area contributed by atoms with E-state index in [0.717, 1.165) is 56.6 Å². The second-order valence-electron chi connectivity index (χ2n) is 9.30. The number of thiocarbonyl (C=S) groups is 1. The van der Waals surface area contributed by atoms with Gasteiger partial charge >= 0.3 is 0 Å². The van der Waals surface area contributed by atoms with E-state index < -0.39 is 5.54 Å². The molecule has 0 unspecified atom stereocenters. The Kier molecular flexibility index (Phi) is 6.18. The zero-order valence-electron chi connectivity index (χ0n) is 19.7. The number of methoxy groups -OCH3 is 1. The first-order chi connectivity index (χ1) is 16.5. The monoisotopic (exact) mass is 481 g/mol. The van der Waals surface area contributed by atoms with Crippen LogP contribution < -0.4 is 25.0 Å². The number of hydrogen-bond acceptors (Lipinski definition) is 7. The highest BCUT2D eigenvalue weighted by molar-refractivity contribution is 7.81. The molecule has 2 N–H and O–H groups in total. The van der Waals surface area contributed by atoms with Gasteiger partial charge in [0, 0.05) is 31.4 Å². The molecule has 1 amide bonds. The lowest BCUT2D eigenvalue weighted by atomic mass is 9.75. The summed E-state index contributed by atoms with van der Waals surface area (Å²) in [6.45, 7) is 2.36. The van der Waals surface area contributed by atoms with E-state index in [2.05, 4.69) is 16.9 Å². The summed E-state index contributed by atoms with van der Waals surface area (Å²) in [7, 11) is 3.71. The smallest absolute Gasteiger partial charge is 0.259 e. The summed E-state index contributed by atoms with van der Waals surface area (Å²) in [6, 6.07) is 9.76. The van der Waals surface area contributed by atoms with Gasteiger partial charge in [-0.1, -0.05) is 0 Å². The standard InChI is InChI=1S/C25H31N5O3S/c1-28-12-8-20(9-13-28)33-19-6-4-17(5-7-19)30-24(34)29(23(31)25(30)10-3-11-25)18-14-22(32-2)21(15-26)27-16-18/h4-7,14,16,20H,3,8-13,15,26H2,1-2H3. The van der Waals surface area contributed by atoms with Gasteiger partial charge in [0.05, 0.1) is 24.7 Å². The molecule has 2 aromatic rings. The van der Waals surface area contributed by atoms with Gasteiger partial charge in [-0.15, -0.1) is 0 Å². The molecule has 0 bridgehead atoms. The Morgan fingerprint density at radius 1 is 1.18 bits per heavy atom. The second kappa shape index (κ2) is 9.13. The maximum Gasteiger partial charge on any atom is 0.259 e. The molecular weight excluding hydrogens is 450 g/mol. The third-order valence-corrected chi connectivity index (χ3v) is 7.61. The highest BCUT2D eigenvalue weighted by Gasteiger charge is 2.59. The molecule has 34 heavy (non-hydrogen) atoms. The summed E-state index contributed by atoms with van der Waals surface area (Å²) in [4.78, 5) is 24.0. The number of carbonyl (C=O) groups excluding carboxylic acids is 1. The Balaban J connectivity index is 1.40. The first-order valence-corrected chi connectivity index (χ1v) is 12.2. The number of aromatic nitrogens is 1. The summed E-state index contributed by atoms with van der Waals surface area (Å²) >= 11 is 5.87. The molecule has 9 heteroatoms. The highest BCUT2D eigenvalue weighted by Crippen LogP contribution is 2.48. The molecule has 1 aromatic heterocycles. The van der Waals surface area contributed by atoms with Crippen LogP contribution in [0.1, 0.15) is 37.8 Å². The van der Waals surface area contributed by atoms with E-state index in [0.29, 0.717) is 22.2 Å². The van der Waals surface area contributed by atoms with E-state index in [9.17, 15) is 4.79 Å². The number of piperidine rings is 1.